The number of esters is 1. The number of hydrogen-bond acceptors (Lipinski definition) is 7. The highest BCUT2D eigenvalue weighted by molar-refractivity contribution is 7.51. The van der Waals surface area contributed by atoms with E-state index < -0.39 is 43.2 Å². The van der Waals surface area contributed by atoms with Crippen LogP contribution in [0.4, 0.5) is 0 Å². The molecule has 1 heterocycles. The van der Waals surface area contributed by atoms with Gasteiger partial charge >= 0.3 is 19.7 Å². The molecule has 26 heavy (non-hydrogen) atoms. The number of carbonyl (C=O) groups excluding carboxylic acids is 2. The van der Waals surface area contributed by atoms with Gasteiger partial charge in [0.2, 0.25) is 5.91 Å². The number of methoxy groups -OCH3 is 1. The van der Waals surface area contributed by atoms with Gasteiger partial charge in [0.15, 0.2) is 6.10 Å². The van der Waals surface area contributed by atoms with Crippen LogP contribution in [-0.2, 0) is 32.7 Å². The van der Waals surface area contributed by atoms with E-state index in [0.29, 0.717) is 0 Å². The molecular weight excluding hydrogens is 367 g/mol. The summed E-state index contributed by atoms with van der Waals surface area (Å²) in [7, 11) is -2.77. The predicted molar refractivity (Wildman–Crippen MR) is 91.3 cm³/mol. The Balaban J connectivity index is 2.83. The summed E-state index contributed by atoms with van der Waals surface area (Å²) in [4.78, 5) is 34.8. The van der Waals surface area contributed by atoms with Crippen LogP contribution in [0.25, 0.3) is 0 Å². The van der Waals surface area contributed by atoms with E-state index in [1.54, 1.807) is 27.7 Å². The van der Waals surface area contributed by atoms with Crippen molar-refractivity contribution in [2.24, 2.45) is 11.3 Å². The Kier molecular flexibility index (Phi) is 7.76. The highest BCUT2D eigenvalue weighted by atomic mass is 31.2. The van der Waals surface area contributed by atoms with E-state index in [4.69, 9.17) is 9.05 Å². The fourth-order valence-electron chi connectivity index (χ4n) is 2.25. The van der Waals surface area contributed by atoms with Crippen LogP contribution in [0.3, 0.4) is 0 Å². The molecule has 0 bridgehead atoms. The summed E-state index contributed by atoms with van der Waals surface area (Å²) in [5, 5.41) is 14.2. The standard InChI is InChI=1S/C15H27N2O8P/c1-9(2)11(14(20)21)17-26(22)24-8-15(3,4)12(25-26)13(19)16-7-6-10(18)23-5/h9,11-12H,6-8H2,1-5H3,(H,16,19)(H,17,22)(H,20,21)/t11?,12-,26?/m0/s1. The lowest BCUT2D eigenvalue weighted by atomic mass is 9.87. The maximum Gasteiger partial charge on any atom is 0.407 e. The Labute approximate surface area is 152 Å². The zero-order valence-electron chi connectivity index (χ0n) is 15.6. The topological polar surface area (TPSA) is 140 Å². The average Bonchev–Trinajstić information content (AvgIpc) is 2.54. The van der Waals surface area contributed by atoms with Crippen molar-refractivity contribution in [1.82, 2.24) is 10.4 Å². The molecule has 3 atom stereocenters. The lowest BCUT2D eigenvalue weighted by molar-refractivity contribution is -0.141. The number of ether oxygens (including phenoxy) is 1. The summed E-state index contributed by atoms with van der Waals surface area (Å²) in [6.45, 7) is 6.63. The van der Waals surface area contributed by atoms with E-state index in [2.05, 4.69) is 15.1 Å². The summed E-state index contributed by atoms with van der Waals surface area (Å²) < 4.78 is 28.0. The largest absolute Gasteiger partial charge is 0.480 e. The third kappa shape index (κ3) is 6.05. The minimum absolute atomic E-state index is 0.0176. The Morgan fingerprint density at radius 1 is 1.35 bits per heavy atom. The number of hydrogen-bond donors (Lipinski definition) is 3. The van der Waals surface area contributed by atoms with Gasteiger partial charge in [0.25, 0.3) is 0 Å². The Hall–Kier alpha value is -1.48. The number of carboxylic acids is 1. The first-order chi connectivity index (χ1) is 11.9. The van der Waals surface area contributed by atoms with Gasteiger partial charge in [0.05, 0.1) is 20.1 Å². The lowest BCUT2D eigenvalue weighted by Gasteiger charge is -2.41. The van der Waals surface area contributed by atoms with Gasteiger partial charge in [0.1, 0.15) is 6.04 Å². The number of carbonyl (C=O) groups is 3. The Morgan fingerprint density at radius 3 is 2.46 bits per heavy atom. The van der Waals surface area contributed by atoms with E-state index in [0.717, 1.165) is 0 Å². The van der Waals surface area contributed by atoms with Gasteiger partial charge in [-0.25, -0.2) is 9.65 Å². The van der Waals surface area contributed by atoms with Crippen LogP contribution < -0.4 is 10.4 Å². The summed E-state index contributed by atoms with van der Waals surface area (Å²) in [6.07, 6.45) is -1.16. The van der Waals surface area contributed by atoms with E-state index in [1.165, 1.54) is 7.11 Å². The second-order valence-electron chi connectivity index (χ2n) is 7.05. The smallest absolute Gasteiger partial charge is 0.407 e. The maximum atomic E-state index is 12.8. The quantitative estimate of drug-likeness (QED) is 0.405. The van der Waals surface area contributed by atoms with Crippen molar-refractivity contribution in [2.45, 2.75) is 46.3 Å². The average molecular weight is 394 g/mol. The molecule has 3 N–H and O–H groups in total. The van der Waals surface area contributed by atoms with Crippen LogP contribution in [0.5, 0.6) is 0 Å². The van der Waals surface area contributed by atoms with Crippen LogP contribution in [0.1, 0.15) is 34.1 Å². The van der Waals surface area contributed by atoms with Crippen molar-refractivity contribution in [3.05, 3.63) is 0 Å². The molecule has 150 valence electrons. The highest BCUT2D eigenvalue weighted by Gasteiger charge is 2.49. The monoisotopic (exact) mass is 394 g/mol. The molecular formula is C15H27N2O8P. The molecule has 0 aromatic rings. The molecule has 1 fully saturated rings. The maximum absolute atomic E-state index is 12.8. The first-order valence-electron chi connectivity index (χ1n) is 8.20. The minimum atomic E-state index is -4.01. The molecule has 1 rings (SSSR count). The molecule has 0 aromatic heterocycles. The molecule has 11 heteroatoms. The zero-order chi connectivity index (χ0) is 20.1. The Bertz CT molecular complexity index is 592. The van der Waals surface area contributed by atoms with Crippen molar-refractivity contribution in [1.29, 1.82) is 0 Å². The molecule has 0 spiro atoms. The molecule has 2 unspecified atom stereocenters. The van der Waals surface area contributed by atoms with Gasteiger partial charge in [-0.3, -0.25) is 23.4 Å². The second-order valence-corrected chi connectivity index (χ2v) is 8.77. The third-order valence-electron chi connectivity index (χ3n) is 3.88. The van der Waals surface area contributed by atoms with E-state index >= 15 is 0 Å². The van der Waals surface area contributed by atoms with Gasteiger partial charge in [-0.15, -0.1) is 0 Å². The fraction of sp³-hybridized carbons (Fsp3) is 0.800. The number of rotatable bonds is 8. The fourth-order valence-corrected chi connectivity index (χ4v) is 4.36. The molecule has 1 aliphatic rings. The first kappa shape index (κ1) is 22.6. The van der Waals surface area contributed by atoms with Gasteiger partial charge in [-0.1, -0.05) is 27.7 Å². The van der Waals surface area contributed by atoms with Crippen LogP contribution in [0.15, 0.2) is 0 Å². The zero-order valence-corrected chi connectivity index (χ0v) is 16.5. The number of carboxylic acid groups (broad SMARTS) is 1. The van der Waals surface area contributed by atoms with Crippen molar-refractivity contribution in [3.63, 3.8) is 0 Å². The van der Waals surface area contributed by atoms with Crippen molar-refractivity contribution < 1.29 is 37.8 Å². The van der Waals surface area contributed by atoms with Gasteiger partial charge in [0, 0.05) is 12.0 Å². The van der Waals surface area contributed by atoms with Gasteiger partial charge < -0.3 is 15.2 Å². The van der Waals surface area contributed by atoms with Crippen LogP contribution in [0.2, 0.25) is 0 Å². The first-order valence-corrected chi connectivity index (χ1v) is 9.74. The van der Waals surface area contributed by atoms with E-state index in [-0.39, 0.29) is 25.5 Å². The minimum Gasteiger partial charge on any atom is -0.480 e. The van der Waals surface area contributed by atoms with Crippen LogP contribution >= 0.6 is 7.75 Å². The van der Waals surface area contributed by atoms with Crippen LogP contribution in [0, 0.1) is 11.3 Å². The summed E-state index contributed by atoms with van der Waals surface area (Å²) >= 11 is 0. The molecule has 0 saturated carbocycles. The SMILES string of the molecule is COC(=O)CCNC(=O)[C@@H]1OP(=O)(NC(C(=O)O)C(C)C)OCC1(C)C. The van der Waals surface area contributed by atoms with Crippen molar-refractivity contribution >= 4 is 25.6 Å². The van der Waals surface area contributed by atoms with Gasteiger partial charge in [-0.05, 0) is 5.92 Å². The molecule has 0 radical (unpaired) electrons. The number of amides is 1. The Morgan fingerprint density at radius 2 is 1.96 bits per heavy atom. The lowest BCUT2D eigenvalue weighted by Crippen LogP contribution is -2.52. The number of aliphatic carboxylic acids is 1. The van der Waals surface area contributed by atoms with Gasteiger partial charge in [-0.2, -0.15) is 0 Å². The summed E-state index contributed by atoms with van der Waals surface area (Å²) in [5.41, 5.74) is -0.804. The van der Waals surface area contributed by atoms with Crippen molar-refractivity contribution in [3.8, 4) is 0 Å². The van der Waals surface area contributed by atoms with Crippen molar-refractivity contribution in [2.75, 3.05) is 20.3 Å². The third-order valence-corrected chi connectivity index (χ3v) is 5.44. The molecule has 1 aliphatic heterocycles. The highest BCUT2D eigenvalue weighted by Crippen LogP contribution is 2.53. The normalized spacial score (nSPS) is 26.2. The summed E-state index contributed by atoms with van der Waals surface area (Å²) in [6, 6.07) is -1.16. The van der Waals surface area contributed by atoms with E-state index in [9.17, 15) is 24.1 Å². The molecule has 10 nitrogen and oxygen atoms in total. The number of nitrogens with one attached hydrogen (secondary N) is 2. The summed E-state index contributed by atoms with van der Waals surface area (Å²) in [5.74, 6) is -2.63. The van der Waals surface area contributed by atoms with Crippen LogP contribution in [-0.4, -0.2) is 55.4 Å². The molecule has 1 saturated heterocycles. The molecule has 1 amide bonds. The molecule has 0 aliphatic carbocycles. The predicted octanol–water partition coefficient (Wildman–Crippen LogP) is 0.914. The van der Waals surface area contributed by atoms with E-state index in [1.807, 2.05) is 0 Å². The second kappa shape index (κ2) is 8.94. The molecule has 0 aromatic carbocycles.